The second-order valence-corrected chi connectivity index (χ2v) is 12.5. The molecule has 1 aliphatic carbocycles. The van der Waals surface area contributed by atoms with Crippen molar-refractivity contribution in [3.8, 4) is 5.75 Å². The van der Waals surface area contributed by atoms with E-state index in [0.29, 0.717) is 23.9 Å². The number of hydrogen-bond acceptors (Lipinski definition) is 6. The zero-order valence-electron chi connectivity index (χ0n) is 22.6. The van der Waals surface area contributed by atoms with Gasteiger partial charge >= 0.3 is 6.03 Å². The van der Waals surface area contributed by atoms with Crippen molar-refractivity contribution >= 4 is 35.1 Å². The first-order valence-electron chi connectivity index (χ1n) is 14.2. The molecule has 208 valence electrons. The largest absolute Gasteiger partial charge is 0.506 e. The van der Waals surface area contributed by atoms with Gasteiger partial charge < -0.3 is 21.1 Å². The van der Waals surface area contributed by atoms with Crippen LogP contribution in [0.2, 0.25) is 0 Å². The fraction of sp³-hybridized carbons (Fsp3) is 0.533. The number of benzene rings is 2. The first kappa shape index (κ1) is 27.5. The monoisotopic (exact) mass is 549 g/mol. The van der Waals surface area contributed by atoms with Crippen LogP contribution in [0.5, 0.6) is 5.75 Å². The van der Waals surface area contributed by atoms with Crippen molar-refractivity contribution in [2.75, 3.05) is 12.3 Å². The molecule has 1 saturated carbocycles. The van der Waals surface area contributed by atoms with Crippen molar-refractivity contribution in [1.82, 2.24) is 16.0 Å². The van der Waals surface area contributed by atoms with Gasteiger partial charge in [0, 0.05) is 29.4 Å². The number of hydrogen-bond donors (Lipinski definition) is 4. The van der Waals surface area contributed by atoms with Crippen LogP contribution in [-0.2, 0) is 10.2 Å². The van der Waals surface area contributed by atoms with Gasteiger partial charge in [0.15, 0.2) is 0 Å². The summed E-state index contributed by atoms with van der Waals surface area (Å²) >= 11 is 1.92. The van der Waals surface area contributed by atoms with Crippen molar-refractivity contribution in [2.45, 2.75) is 87.5 Å². The van der Waals surface area contributed by atoms with E-state index in [2.05, 4.69) is 26.2 Å². The zero-order valence-corrected chi connectivity index (χ0v) is 23.4. The predicted octanol–water partition coefficient (Wildman–Crippen LogP) is 6.16. The summed E-state index contributed by atoms with van der Waals surface area (Å²) in [5.74, 6) is 1.15. The molecule has 4 N–H and O–H groups in total. The van der Waals surface area contributed by atoms with Crippen LogP contribution in [0, 0.1) is 6.92 Å². The molecule has 9 heteroatoms. The Morgan fingerprint density at radius 2 is 1.87 bits per heavy atom. The van der Waals surface area contributed by atoms with Crippen LogP contribution in [-0.4, -0.2) is 46.7 Å². The van der Waals surface area contributed by atoms with E-state index >= 15 is 0 Å². The molecule has 0 bridgehead atoms. The fourth-order valence-electron chi connectivity index (χ4n) is 6.08. The molecular formula is C30H39N5O3S. The summed E-state index contributed by atoms with van der Waals surface area (Å²) in [5, 5.41) is 28.8. The van der Waals surface area contributed by atoms with Crippen molar-refractivity contribution in [3.63, 3.8) is 0 Å². The van der Waals surface area contributed by atoms with Crippen molar-refractivity contribution in [2.24, 2.45) is 10.2 Å². The first-order chi connectivity index (χ1) is 18.9. The minimum Gasteiger partial charge on any atom is -0.506 e. The third kappa shape index (κ3) is 6.75. The van der Waals surface area contributed by atoms with Gasteiger partial charge in [0.05, 0.1) is 17.8 Å². The Kier molecular flexibility index (Phi) is 8.75. The predicted molar refractivity (Wildman–Crippen MR) is 155 cm³/mol. The zero-order chi connectivity index (χ0) is 27.2. The Morgan fingerprint density at radius 3 is 2.67 bits per heavy atom. The topological polar surface area (TPSA) is 115 Å². The fourth-order valence-corrected chi connectivity index (χ4v) is 7.63. The van der Waals surface area contributed by atoms with E-state index in [9.17, 15) is 14.7 Å². The summed E-state index contributed by atoms with van der Waals surface area (Å²) in [7, 11) is 0. The molecular weight excluding hydrogens is 510 g/mol. The number of azo groups is 1. The quantitative estimate of drug-likeness (QED) is 0.161. The Bertz CT molecular complexity index is 1200. The molecule has 2 saturated heterocycles. The molecule has 3 aliphatic rings. The molecule has 0 spiro atoms. The number of aromatic hydroxyl groups is 1. The number of phenolic OH excluding ortho intramolecular Hbond substituents is 1. The third-order valence-electron chi connectivity index (χ3n) is 8.41. The number of carbonyl (C=O) groups excluding carboxylic acids is 2. The maximum atomic E-state index is 12.8. The molecule has 3 atom stereocenters. The van der Waals surface area contributed by atoms with Gasteiger partial charge in [-0.2, -0.15) is 16.9 Å². The maximum absolute atomic E-state index is 12.8. The molecule has 3 amide bonds. The molecule has 0 radical (unpaired) electrons. The van der Waals surface area contributed by atoms with Crippen molar-refractivity contribution in [3.05, 3.63) is 53.6 Å². The molecule has 2 aromatic rings. The van der Waals surface area contributed by atoms with E-state index < -0.39 is 0 Å². The number of amides is 3. The van der Waals surface area contributed by atoms with E-state index in [1.165, 1.54) is 6.42 Å². The molecule has 3 fully saturated rings. The van der Waals surface area contributed by atoms with Gasteiger partial charge in [-0.05, 0) is 62.4 Å². The molecule has 0 aromatic heterocycles. The van der Waals surface area contributed by atoms with E-state index in [-0.39, 0.29) is 35.2 Å². The van der Waals surface area contributed by atoms with E-state index in [4.69, 9.17) is 0 Å². The lowest BCUT2D eigenvalue weighted by atomic mass is 9.69. The van der Waals surface area contributed by atoms with Crippen molar-refractivity contribution in [1.29, 1.82) is 0 Å². The number of carbonyl (C=O) groups is 2. The minimum absolute atomic E-state index is 0.0543. The highest BCUT2D eigenvalue weighted by atomic mass is 32.2. The molecule has 2 aromatic carbocycles. The molecule has 5 rings (SSSR count). The average Bonchev–Trinajstić information content (AvgIpc) is 3.50. The second kappa shape index (κ2) is 12.4. The molecule has 2 aliphatic heterocycles. The summed E-state index contributed by atoms with van der Waals surface area (Å²) in [4.78, 5) is 24.4. The lowest BCUT2D eigenvalue weighted by Crippen LogP contribution is -2.42. The smallest absolute Gasteiger partial charge is 0.315 e. The molecule has 8 nitrogen and oxygen atoms in total. The number of phenols is 1. The van der Waals surface area contributed by atoms with E-state index in [1.54, 1.807) is 6.07 Å². The highest BCUT2D eigenvalue weighted by Gasteiger charge is 2.42. The van der Waals surface area contributed by atoms with Crippen LogP contribution >= 0.6 is 11.8 Å². The Morgan fingerprint density at radius 1 is 1.08 bits per heavy atom. The summed E-state index contributed by atoms with van der Waals surface area (Å²) in [6.45, 7) is 2.61. The maximum Gasteiger partial charge on any atom is 0.315 e. The highest BCUT2D eigenvalue weighted by molar-refractivity contribution is 8.00. The van der Waals surface area contributed by atoms with Gasteiger partial charge in [0.1, 0.15) is 11.4 Å². The van der Waals surface area contributed by atoms with Crippen LogP contribution < -0.4 is 16.0 Å². The van der Waals surface area contributed by atoms with Gasteiger partial charge in [-0.1, -0.05) is 49.4 Å². The molecule has 2 heterocycles. The Balaban J connectivity index is 1.16. The van der Waals surface area contributed by atoms with Crippen LogP contribution in [0.15, 0.2) is 52.7 Å². The number of urea groups is 1. The van der Waals surface area contributed by atoms with Gasteiger partial charge in [0.25, 0.3) is 0 Å². The number of unbranched alkanes of at least 4 members (excludes halogenated alkanes) is 1. The van der Waals surface area contributed by atoms with Gasteiger partial charge in [0.2, 0.25) is 5.91 Å². The van der Waals surface area contributed by atoms with Crippen molar-refractivity contribution < 1.29 is 14.7 Å². The van der Waals surface area contributed by atoms with Gasteiger partial charge in [-0.15, -0.1) is 5.11 Å². The first-order valence-corrected chi connectivity index (χ1v) is 15.2. The third-order valence-corrected chi connectivity index (χ3v) is 9.92. The minimum atomic E-state index is -0.168. The van der Waals surface area contributed by atoms with Crippen LogP contribution in [0.3, 0.4) is 0 Å². The standard InChI is InChI=1S/C30H39N5O3S/c1-20-9-12-22(13-10-20)34-35-23-17-21(11-14-25(23)36)30(15-5-2-6-16-30)19-31-27(37)8-4-3-7-26-28-24(18-39-26)32-29(38)33-28/h9-14,17,24,26,28,36H,2-8,15-16,18-19H2,1H3,(H,31,37)(H2,32,33,38). The number of fused-ring (bicyclic) bond motifs is 1. The molecule has 3 unspecified atom stereocenters. The number of nitrogens with one attached hydrogen (secondary N) is 3. The Hall–Kier alpha value is -3.07. The highest BCUT2D eigenvalue weighted by Crippen LogP contribution is 2.42. The summed E-state index contributed by atoms with van der Waals surface area (Å²) in [6.07, 6.45) is 8.76. The van der Waals surface area contributed by atoms with E-state index in [0.717, 1.165) is 67.5 Å². The molecule has 39 heavy (non-hydrogen) atoms. The number of rotatable bonds is 10. The van der Waals surface area contributed by atoms with Crippen LogP contribution in [0.4, 0.5) is 16.2 Å². The summed E-state index contributed by atoms with van der Waals surface area (Å²) in [6, 6.07) is 13.8. The van der Waals surface area contributed by atoms with Gasteiger partial charge in [-0.25, -0.2) is 4.79 Å². The lowest BCUT2D eigenvalue weighted by Gasteiger charge is -2.38. The number of thioether (sulfide) groups is 1. The van der Waals surface area contributed by atoms with E-state index in [1.807, 2.05) is 55.1 Å². The summed E-state index contributed by atoms with van der Waals surface area (Å²) < 4.78 is 0. The van der Waals surface area contributed by atoms with Gasteiger partial charge in [-0.3, -0.25) is 4.79 Å². The summed E-state index contributed by atoms with van der Waals surface area (Å²) in [5.41, 5.74) is 3.27. The normalized spacial score (nSPS) is 23.8. The SMILES string of the molecule is Cc1ccc(N=Nc2cc(C3(CNC(=O)CCCCC4SCC5NC(=O)NC54)CCCCC3)ccc2O)cc1. The van der Waals surface area contributed by atoms with Crippen LogP contribution in [0.1, 0.15) is 68.9 Å². The number of nitrogens with zero attached hydrogens (tertiary/aromatic N) is 2. The average molecular weight is 550 g/mol. The van der Waals surface area contributed by atoms with Crippen LogP contribution in [0.25, 0.3) is 0 Å². The Labute approximate surface area is 234 Å². The second-order valence-electron chi connectivity index (χ2n) is 11.2. The number of aryl methyl sites for hydroxylation is 1. The lowest BCUT2D eigenvalue weighted by molar-refractivity contribution is -0.121.